The summed E-state index contributed by atoms with van der Waals surface area (Å²) in [6, 6.07) is 9.60. The van der Waals surface area contributed by atoms with Crippen LogP contribution in [-0.2, 0) is 0 Å². The molecule has 5 rings (SSSR count). The fraction of sp³-hybridized carbons (Fsp3) is 0.417. The second-order valence-corrected chi connectivity index (χ2v) is 8.94. The Hall–Kier alpha value is -2.86. The molecule has 0 amide bonds. The highest BCUT2D eigenvalue weighted by atomic mass is 16.5. The van der Waals surface area contributed by atoms with E-state index in [0.29, 0.717) is 17.9 Å². The zero-order chi connectivity index (χ0) is 21.0. The topological polar surface area (TPSA) is 58.5 Å². The van der Waals surface area contributed by atoms with Gasteiger partial charge in [0.2, 0.25) is 0 Å². The number of aromatic amines is 1. The number of pyridine rings is 1. The first-order chi connectivity index (χ1) is 14.5. The minimum absolute atomic E-state index is 0.384. The van der Waals surface area contributed by atoms with E-state index in [2.05, 4.69) is 65.9 Å². The van der Waals surface area contributed by atoms with Crippen LogP contribution in [0, 0.1) is 0 Å². The maximum Gasteiger partial charge on any atom is 0.197 e. The van der Waals surface area contributed by atoms with Gasteiger partial charge in [0.15, 0.2) is 11.4 Å². The lowest BCUT2D eigenvalue weighted by atomic mass is 9.88. The standard InChI is InChI=1S/C24H29N5O/c1-14(2)22-19-8-16(18-10-28(11-18)15(3)4)6-7-20(19)27-23(22)17-9-21(30-5)24-25-13-26-29(24)12-17/h6-9,12-15,18,27H,10-11H2,1-5H3. The summed E-state index contributed by atoms with van der Waals surface area (Å²) in [6.07, 6.45) is 3.58. The van der Waals surface area contributed by atoms with E-state index < -0.39 is 0 Å². The van der Waals surface area contributed by atoms with Crippen molar-refractivity contribution in [2.75, 3.05) is 20.2 Å². The highest BCUT2D eigenvalue weighted by Gasteiger charge is 2.30. The van der Waals surface area contributed by atoms with Gasteiger partial charge in [-0.05, 0) is 49.1 Å². The number of nitrogens with one attached hydrogen (secondary N) is 1. The molecule has 0 saturated carbocycles. The summed E-state index contributed by atoms with van der Waals surface area (Å²) in [7, 11) is 1.67. The third kappa shape index (κ3) is 2.98. The van der Waals surface area contributed by atoms with E-state index in [1.807, 2.05) is 12.3 Å². The third-order valence-corrected chi connectivity index (χ3v) is 6.40. The van der Waals surface area contributed by atoms with Crippen molar-refractivity contribution in [2.24, 2.45) is 0 Å². The van der Waals surface area contributed by atoms with Gasteiger partial charge in [0, 0.05) is 47.7 Å². The molecule has 3 aromatic heterocycles. The van der Waals surface area contributed by atoms with Crippen molar-refractivity contribution in [1.29, 1.82) is 0 Å². The van der Waals surface area contributed by atoms with Crippen molar-refractivity contribution in [2.45, 2.75) is 45.6 Å². The molecule has 30 heavy (non-hydrogen) atoms. The number of ether oxygens (including phenoxy) is 1. The SMILES string of the molecule is COc1cc(-c2[nH]c3ccc(C4CN(C(C)C)C4)cc3c2C(C)C)cn2ncnc12. The Kier molecular flexibility index (Phi) is 4.54. The Morgan fingerprint density at radius 1 is 1.13 bits per heavy atom. The number of nitrogens with zero attached hydrogens (tertiary/aromatic N) is 4. The lowest BCUT2D eigenvalue weighted by Crippen LogP contribution is -2.48. The van der Waals surface area contributed by atoms with Gasteiger partial charge in [0.05, 0.1) is 12.8 Å². The predicted molar refractivity (Wildman–Crippen MR) is 120 cm³/mol. The van der Waals surface area contributed by atoms with E-state index in [1.165, 1.54) is 22.0 Å². The predicted octanol–water partition coefficient (Wildman–Crippen LogP) is 4.82. The summed E-state index contributed by atoms with van der Waals surface area (Å²) in [6.45, 7) is 11.4. The molecule has 0 aliphatic carbocycles. The van der Waals surface area contributed by atoms with Crippen LogP contribution in [0.4, 0.5) is 0 Å². The first-order valence-corrected chi connectivity index (χ1v) is 10.7. The molecule has 4 aromatic rings. The Morgan fingerprint density at radius 3 is 2.63 bits per heavy atom. The van der Waals surface area contributed by atoms with Crippen LogP contribution in [0.15, 0.2) is 36.8 Å². The van der Waals surface area contributed by atoms with Gasteiger partial charge in [0.25, 0.3) is 0 Å². The highest BCUT2D eigenvalue weighted by molar-refractivity contribution is 5.92. The van der Waals surface area contributed by atoms with E-state index in [-0.39, 0.29) is 0 Å². The number of likely N-dealkylation sites (tertiary alicyclic amines) is 1. The number of H-pyrrole nitrogens is 1. The van der Waals surface area contributed by atoms with E-state index in [4.69, 9.17) is 4.74 Å². The Bertz CT molecular complexity index is 1210. The summed E-state index contributed by atoms with van der Waals surface area (Å²) in [5, 5.41) is 5.64. The molecular weight excluding hydrogens is 374 g/mol. The normalized spacial score (nSPS) is 15.6. The van der Waals surface area contributed by atoms with Gasteiger partial charge in [-0.1, -0.05) is 19.9 Å². The van der Waals surface area contributed by atoms with Crippen LogP contribution in [0.1, 0.15) is 50.7 Å². The van der Waals surface area contributed by atoms with Crippen LogP contribution in [0.25, 0.3) is 27.8 Å². The molecule has 0 atom stereocenters. The molecule has 0 unspecified atom stereocenters. The molecule has 0 bridgehead atoms. The van der Waals surface area contributed by atoms with Gasteiger partial charge >= 0.3 is 0 Å². The highest BCUT2D eigenvalue weighted by Crippen LogP contribution is 2.39. The molecule has 156 valence electrons. The zero-order valence-corrected chi connectivity index (χ0v) is 18.3. The summed E-state index contributed by atoms with van der Waals surface area (Å²) in [5.74, 6) is 1.74. The largest absolute Gasteiger partial charge is 0.493 e. The van der Waals surface area contributed by atoms with Crippen LogP contribution in [0.5, 0.6) is 5.75 Å². The van der Waals surface area contributed by atoms with Crippen molar-refractivity contribution in [1.82, 2.24) is 24.5 Å². The monoisotopic (exact) mass is 403 g/mol. The van der Waals surface area contributed by atoms with Gasteiger partial charge in [-0.2, -0.15) is 5.10 Å². The molecule has 1 fully saturated rings. The van der Waals surface area contributed by atoms with Crippen molar-refractivity contribution < 1.29 is 4.74 Å². The Morgan fingerprint density at radius 2 is 1.93 bits per heavy atom. The average molecular weight is 404 g/mol. The molecule has 0 radical (unpaired) electrons. The van der Waals surface area contributed by atoms with Gasteiger partial charge in [0.1, 0.15) is 6.33 Å². The Labute approximate surface area is 176 Å². The molecule has 1 aliphatic heterocycles. The fourth-order valence-corrected chi connectivity index (χ4v) is 4.64. The lowest BCUT2D eigenvalue weighted by Gasteiger charge is -2.42. The van der Waals surface area contributed by atoms with Crippen LogP contribution < -0.4 is 4.74 Å². The van der Waals surface area contributed by atoms with E-state index in [9.17, 15) is 0 Å². The summed E-state index contributed by atoms with van der Waals surface area (Å²) in [4.78, 5) is 10.5. The maximum absolute atomic E-state index is 5.58. The molecule has 1 saturated heterocycles. The number of hydrogen-bond donors (Lipinski definition) is 1. The number of fused-ring (bicyclic) bond motifs is 2. The van der Waals surface area contributed by atoms with Gasteiger partial charge in [-0.3, -0.25) is 4.90 Å². The summed E-state index contributed by atoms with van der Waals surface area (Å²) >= 11 is 0. The minimum atomic E-state index is 0.384. The number of methoxy groups -OCH3 is 1. The number of aromatic nitrogens is 4. The van der Waals surface area contributed by atoms with Crippen molar-refractivity contribution in [3.63, 3.8) is 0 Å². The second-order valence-electron chi connectivity index (χ2n) is 8.94. The molecule has 4 heterocycles. The number of benzene rings is 1. The minimum Gasteiger partial charge on any atom is -0.493 e. The molecule has 1 aliphatic rings. The molecule has 1 N–H and O–H groups in total. The first-order valence-electron chi connectivity index (χ1n) is 10.7. The Balaban J connectivity index is 1.62. The summed E-state index contributed by atoms with van der Waals surface area (Å²) < 4.78 is 7.36. The van der Waals surface area contributed by atoms with E-state index in [1.54, 1.807) is 18.0 Å². The summed E-state index contributed by atoms with van der Waals surface area (Å²) in [5.41, 5.74) is 6.87. The van der Waals surface area contributed by atoms with Crippen LogP contribution in [0.2, 0.25) is 0 Å². The number of hydrogen-bond acceptors (Lipinski definition) is 4. The van der Waals surface area contributed by atoms with E-state index >= 15 is 0 Å². The number of rotatable bonds is 5. The van der Waals surface area contributed by atoms with Crippen molar-refractivity contribution >= 4 is 16.6 Å². The molecule has 6 nitrogen and oxygen atoms in total. The smallest absolute Gasteiger partial charge is 0.197 e. The van der Waals surface area contributed by atoms with Gasteiger partial charge < -0.3 is 9.72 Å². The van der Waals surface area contributed by atoms with Crippen LogP contribution >= 0.6 is 0 Å². The van der Waals surface area contributed by atoms with E-state index in [0.717, 1.165) is 35.7 Å². The zero-order valence-electron chi connectivity index (χ0n) is 18.3. The average Bonchev–Trinajstić information content (AvgIpc) is 3.29. The molecular formula is C24H29N5O. The fourth-order valence-electron chi connectivity index (χ4n) is 4.64. The van der Waals surface area contributed by atoms with Crippen molar-refractivity contribution in [3.05, 3.63) is 47.9 Å². The first kappa shape index (κ1) is 19.1. The maximum atomic E-state index is 5.58. The quantitative estimate of drug-likeness (QED) is 0.519. The molecule has 0 spiro atoms. The molecule has 6 heteroatoms. The van der Waals surface area contributed by atoms with Gasteiger partial charge in [-0.15, -0.1) is 0 Å². The lowest BCUT2D eigenvalue weighted by molar-refractivity contribution is 0.110. The van der Waals surface area contributed by atoms with Crippen LogP contribution in [-0.4, -0.2) is 50.7 Å². The van der Waals surface area contributed by atoms with Crippen molar-refractivity contribution in [3.8, 4) is 17.0 Å². The van der Waals surface area contributed by atoms with Crippen LogP contribution in [0.3, 0.4) is 0 Å². The molecule has 1 aromatic carbocycles. The third-order valence-electron chi connectivity index (χ3n) is 6.40. The second kappa shape index (κ2) is 7.13. The van der Waals surface area contributed by atoms with Gasteiger partial charge in [-0.25, -0.2) is 9.50 Å².